The highest BCUT2D eigenvalue weighted by Gasteiger charge is 2.47. The molecule has 0 amide bonds. The molecule has 2 rings (SSSR count). The highest BCUT2D eigenvalue weighted by molar-refractivity contribution is 5.77. The summed E-state index contributed by atoms with van der Waals surface area (Å²) in [6.07, 6.45) is 1.14. The second kappa shape index (κ2) is 8.26. The van der Waals surface area contributed by atoms with Crippen LogP contribution in [0.5, 0.6) is 0 Å². The minimum atomic E-state index is -0.616. The molecule has 2 aliphatic rings. The summed E-state index contributed by atoms with van der Waals surface area (Å²) in [4.78, 5) is 24.3. The molecule has 2 saturated heterocycles. The number of hydrogen-bond donors (Lipinski definition) is 0. The Bertz CT molecular complexity index is 571. The van der Waals surface area contributed by atoms with Crippen molar-refractivity contribution in [2.75, 3.05) is 6.54 Å². The maximum atomic E-state index is 12.4. The molecule has 8 heteroatoms. The number of piperidine rings is 2. The van der Waals surface area contributed by atoms with Crippen LogP contribution in [0.2, 0.25) is 0 Å². The Balaban J connectivity index is 1.77. The van der Waals surface area contributed by atoms with Gasteiger partial charge < -0.3 is 9.47 Å². The normalized spacial score (nSPS) is 27.9. The molecule has 0 spiro atoms. The standard InChI is InChI=1S/C20H34N2O6/c1-18(2)11-14(9-10-21(18)25)27-16(23)7-8-17(24)28-15-12-19(3,4)22(26)20(5,6)13-15/h14-15H,7-13H2,1-6H3. The van der Waals surface area contributed by atoms with Gasteiger partial charge in [0.25, 0.3) is 0 Å². The topological polar surface area (TPSA) is 98.9 Å². The number of carbonyl (C=O) groups is 2. The van der Waals surface area contributed by atoms with Gasteiger partial charge >= 0.3 is 11.9 Å². The third-order valence-electron chi connectivity index (χ3n) is 5.74. The molecular formula is C20H34N2O6. The van der Waals surface area contributed by atoms with Crippen LogP contribution in [-0.2, 0) is 29.5 Å². The summed E-state index contributed by atoms with van der Waals surface area (Å²) < 4.78 is 11.0. The van der Waals surface area contributed by atoms with Crippen LogP contribution >= 0.6 is 0 Å². The summed E-state index contributed by atoms with van der Waals surface area (Å²) >= 11 is 0. The molecular weight excluding hydrogens is 364 g/mol. The van der Waals surface area contributed by atoms with E-state index in [1.807, 2.05) is 41.5 Å². The van der Waals surface area contributed by atoms with Crippen molar-refractivity contribution in [1.82, 2.24) is 10.1 Å². The van der Waals surface area contributed by atoms with Crippen LogP contribution in [-0.4, -0.2) is 57.4 Å². The first-order valence-electron chi connectivity index (χ1n) is 10.0. The lowest BCUT2D eigenvalue weighted by Gasteiger charge is -2.49. The minimum Gasteiger partial charge on any atom is -0.462 e. The summed E-state index contributed by atoms with van der Waals surface area (Å²) in [5, 5.41) is 26.2. The van der Waals surface area contributed by atoms with Crippen molar-refractivity contribution in [3.63, 3.8) is 0 Å². The van der Waals surface area contributed by atoms with E-state index >= 15 is 0 Å². The Morgan fingerprint density at radius 1 is 0.786 bits per heavy atom. The molecule has 2 aliphatic heterocycles. The smallest absolute Gasteiger partial charge is 0.306 e. The van der Waals surface area contributed by atoms with Crippen molar-refractivity contribution >= 4 is 11.9 Å². The van der Waals surface area contributed by atoms with Crippen molar-refractivity contribution < 1.29 is 29.5 Å². The quantitative estimate of drug-likeness (QED) is 0.660. The van der Waals surface area contributed by atoms with Gasteiger partial charge in [-0.3, -0.25) is 9.59 Å². The highest BCUT2D eigenvalue weighted by atomic mass is 16.6. The largest absolute Gasteiger partial charge is 0.462 e. The van der Waals surface area contributed by atoms with Gasteiger partial charge in [0.1, 0.15) is 12.2 Å². The van der Waals surface area contributed by atoms with Gasteiger partial charge in [-0.2, -0.15) is 0 Å². The van der Waals surface area contributed by atoms with Gasteiger partial charge in [-0.05, 0) is 48.0 Å². The van der Waals surface area contributed by atoms with Crippen LogP contribution in [0, 0.1) is 0 Å². The fourth-order valence-electron chi connectivity index (χ4n) is 4.37. The average Bonchev–Trinajstić information content (AvgIpc) is 2.53. The Morgan fingerprint density at radius 2 is 1.21 bits per heavy atom. The number of esters is 2. The summed E-state index contributed by atoms with van der Waals surface area (Å²) in [7, 11) is 0. The molecule has 2 radical (unpaired) electrons. The molecule has 0 aliphatic carbocycles. The van der Waals surface area contributed by atoms with E-state index in [2.05, 4.69) is 0 Å². The van der Waals surface area contributed by atoms with E-state index in [0.29, 0.717) is 32.2 Å². The van der Waals surface area contributed by atoms with Gasteiger partial charge in [0.15, 0.2) is 0 Å². The summed E-state index contributed by atoms with van der Waals surface area (Å²) in [5.74, 6) is -0.908. The van der Waals surface area contributed by atoms with Gasteiger partial charge in [-0.25, -0.2) is 0 Å². The van der Waals surface area contributed by atoms with Gasteiger partial charge in [0.05, 0.1) is 12.8 Å². The molecule has 28 heavy (non-hydrogen) atoms. The zero-order valence-electron chi connectivity index (χ0n) is 17.9. The van der Waals surface area contributed by atoms with E-state index in [4.69, 9.17) is 9.47 Å². The fourth-order valence-corrected chi connectivity index (χ4v) is 4.37. The zero-order chi connectivity index (χ0) is 21.3. The highest BCUT2D eigenvalue weighted by Crippen LogP contribution is 2.38. The van der Waals surface area contributed by atoms with Crippen molar-refractivity contribution in [2.24, 2.45) is 0 Å². The molecule has 2 fully saturated rings. The van der Waals surface area contributed by atoms with Crippen LogP contribution < -0.4 is 0 Å². The number of carbonyl (C=O) groups excluding carboxylic acids is 2. The summed E-state index contributed by atoms with van der Waals surface area (Å²) in [6.45, 7) is 11.3. The molecule has 2 heterocycles. The van der Waals surface area contributed by atoms with Gasteiger partial charge in [-0.15, -0.1) is 20.5 Å². The Kier molecular flexibility index (Phi) is 6.80. The minimum absolute atomic E-state index is 0.0516. The van der Waals surface area contributed by atoms with Crippen LogP contribution in [0.15, 0.2) is 0 Å². The first-order chi connectivity index (χ1) is 12.7. The first kappa shape index (κ1) is 23.1. The lowest BCUT2D eigenvalue weighted by molar-refractivity contribution is -0.299. The molecule has 0 aromatic carbocycles. The molecule has 0 bridgehead atoms. The third kappa shape index (κ3) is 5.65. The average molecular weight is 399 g/mol. The SMILES string of the molecule is CC1(C)CC(OC(=O)CCC(=O)OC2CC(C)(C)N([O])C(C)(C)C2)CCN1[O]. The van der Waals surface area contributed by atoms with Gasteiger partial charge in [0, 0.05) is 42.4 Å². The lowest BCUT2D eigenvalue weighted by atomic mass is 9.80. The lowest BCUT2D eigenvalue weighted by Crippen LogP contribution is -2.60. The maximum Gasteiger partial charge on any atom is 0.306 e. The zero-order valence-corrected chi connectivity index (χ0v) is 17.9. The first-order valence-corrected chi connectivity index (χ1v) is 10.0. The van der Waals surface area contributed by atoms with E-state index in [0.717, 1.165) is 10.1 Å². The predicted molar refractivity (Wildman–Crippen MR) is 99.6 cm³/mol. The van der Waals surface area contributed by atoms with Gasteiger partial charge in [0.2, 0.25) is 0 Å². The van der Waals surface area contributed by atoms with E-state index in [1.165, 1.54) is 0 Å². The van der Waals surface area contributed by atoms with Crippen molar-refractivity contribution in [1.29, 1.82) is 0 Å². The van der Waals surface area contributed by atoms with Crippen LogP contribution in [0.4, 0.5) is 0 Å². The third-order valence-corrected chi connectivity index (χ3v) is 5.74. The summed E-state index contributed by atoms with van der Waals surface area (Å²) in [5.41, 5.74) is -1.79. The van der Waals surface area contributed by atoms with E-state index in [1.54, 1.807) is 0 Å². The van der Waals surface area contributed by atoms with Crippen LogP contribution in [0.3, 0.4) is 0 Å². The van der Waals surface area contributed by atoms with Crippen molar-refractivity contribution in [3.05, 3.63) is 0 Å². The Hall–Kier alpha value is -1.22. The molecule has 0 saturated carbocycles. The Labute approximate surface area is 167 Å². The Morgan fingerprint density at radius 3 is 1.68 bits per heavy atom. The number of nitrogens with zero attached hydrogens (tertiary/aromatic N) is 2. The van der Waals surface area contributed by atoms with Crippen LogP contribution in [0.25, 0.3) is 0 Å². The monoisotopic (exact) mass is 398 g/mol. The molecule has 8 nitrogen and oxygen atoms in total. The number of hydrogen-bond acceptors (Lipinski definition) is 6. The van der Waals surface area contributed by atoms with E-state index in [-0.39, 0.29) is 25.0 Å². The van der Waals surface area contributed by atoms with E-state index in [9.17, 15) is 20.0 Å². The molecule has 1 atom stereocenters. The number of rotatable bonds is 5. The van der Waals surface area contributed by atoms with Crippen LogP contribution in [0.1, 0.15) is 80.1 Å². The molecule has 0 aromatic rings. The van der Waals surface area contributed by atoms with Crippen molar-refractivity contribution in [3.8, 4) is 0 Å². The molecule has 160 valence electrons. The number of hydroxylamine groups is 4. The molecule has 1 unspecified atom stereocenters. The molecule has 0 aromatic heterocycles. The second-order valence-corrected chi connectivity index (χ2v) is 9.96. The van der Waals surface area contributed by atoms with Crippen molar-refractivity contribution in [2.45, 2.75) is 109 Å². The fraction of sp³-hybridized carbons (Fsp3) is 0.900. The maximum absolute atomic E-state index is 12.4. The van der Waals surface area contributed by atoms with E-state index < -0.39 is 28.6 Å². The number of ether oxygens (including phenoxy) is 2. The predicted octanol–water partition coefficient (Wildman–Crippen LogP) is 2.81. The summed E-state index contributed by atoms with van der Waals surface area (Å²) in [6, 6.07) is 0. The van der Waals surface area contributed by atoms with Gasteiger partial charge in [-0.1, -0.05) is 0 Å². The molecule has 0 N–H and O–H groups in total. The second-order valence-electron chi connectivity index (χ2n) is 9.96.